The lowest BCUT2D eigenvalue weighted by molar-refractivity contribution is -0.118. The fourth-order valence-electron chi connectivity index (χ4n) is 2.25. The number of nitrogens with one attached hydrogen (secondary N) is 2. The molecule has 1 saturated carbocycles. The number of hydrogen-bond donors (Lipinski definition) is 2. The Hall–Kier alpha value is -2.25. The highest BCUT2D eigenvalue weighted by Crippen LogP contribution is 2.51. The average molecular weight is 358 g/mol. The molecule has 25 heavy (non-hydrogen) atoms. The molecule has 2 N–H and O–H groups in total. The first-order valence-electron chi connectivity index (χ1n) is 7.90. The Morgan fingerprint density at radius 1 is 1.28 bits per heavy atom. The molecular weight excluding hydrogens is 337 g/mol. The minimum atomic E-state index is -2.82. The summed E-state index contributed by atoms with van der Waals surface area (Å²) in [7, 11) is 0. The van der Waals surface area contributed by atoms with Gasteiger partial charge >= 0.3 is 6.09 Å². The molecule has 0 radical (unpaired) electrons. The van der Waals surface area contributed by atoms with E-state index in [1.165, 1.54) is 12.1 Å². The Balaban J connectivity index is 2.03. The van der Waals surface area contributed by atoms with Crippen molar-refractivity contribution in [1.29, 1.82) is 0 Å². The van der Waals surface area contributed by atoms with Gasteiger partial charge in [0.1, 0.15) is 17.5 Å². The van der Waals surface area contributed by atoms with Crippen LogP contribution in [0.25, 0.3) is 0 Å². The van der Waals surface area contributed by atoms with E-state index in [-0.39, 0.29) is 12.8 Å². The molecule has 0 aromatic heterocycles. The summed E-state index contributed by atoms with van der Waals surface area (Å²) in [5, 5.41) is 4.81. The number of carbonyl (C=O) groups is 2. The topological polar surface area (TPSA) is 67.4 Å². The zero-order valence-corrected chi connectivity index (χ0v) is 14.2. The van der Waals surface area contributed by atoms with Gasteiger partial charge in [-0.25, -0.2) is 18.0 Å². The van der Waals surface area contributed by atoms with Crippen molar-refractivity contribution < 1.29 is 27.5 Å². The number of benzene rings is 1. The van der Waals surface area contributed by atoms with Crippen molar-refractivity contribution in [2.24, 2.45) is 5.92 Å². The summed E-state index contributed by atoms with van der Waals surface area (Å²) in [5.74, 6) is -4.92. The van der Waals surface area contributed by atoms with Gasteiger partial charge in [-0.05, 0) is 51.5 Å². The van der Waals surface area contributed by atoms with Crippen LogP contribution in [0.1, 0.15) is 33.6 Å². The van der Waals surface area contributed by atoms with Crippen LogP contribution in [-0.4, -0.2) is 29.6 Å². The molecule has 2 atom stereocenters. The van der Waals surface area contributed by atoms with Crippen molar-refractivity contribution in [1.82, 2.24) is 5.32 Å². The summed E-state index contributed by atoms with van der Waals surface area (Å²) in [6.45, 7) is 4.94. The van der Waals surface area contributed by atoms with Crippen molar-refractivity contribution in [2.45, 2.75) is 51.2 Å². The van der Waals surface area contributed by atoms with Crippen LogP contribution in [0.5, 0.6) is 0 Å². The van der Waals surface area contributed by atoms with Gasteiger partial charge in [0.05, 0.1) is 0 Å². The van der Waals surface area contributed by atoms with Gasteiger partial charge in [0.25, 0.3) is 5.92 Å². The van der Waals surface area contributed by atoms with E-state index in [0.29, 0.717) is 5.69 Å². The molecule has 2 rings (SSSR count). The molecular formula is C17H21F3N2O3. The zero-order chi connectivity index (χ0) is 18.8. The van der Waals surface area contributed by atoms with Crippen molar-refractivity contribution in [3.63, 3.8) is 0 Å². The van der Waals surface area contributed by atoms with Gasteiger partial charge in [0, 0.05) is 18.0 Å². The number of carbonyl (C=O) groups excluding carboxylic acids is 2. The largest absolute Gasteiger partial charge is 0.444 e. The monoisotopic (exact) mass is 358 g/mol. The molecule has 0 saturated heterocycles. The van der Waals surface area contributed by atoms with Gasteiger partial charge < -0.3 is 15.4 Å². The predicted octanol–water partition coefficient (Wildman–Crippen LogP) is 3.70. The van der Waals surface area contributed by atoms with E-state index in [1.807, 2.05) is 0 Å². The SMILES string of the molecule is CC(C)(C)OC(=O)N[C@@H](C[C@H]1CC1(F)F)C(=O)Nc1ccc(F)cc1. The first kappa shape index (κ1) is 19.1. The van der Waals surface area contributed by atoms with Gasteiger partial charge in [0.15, 0.2) is 0 Å². The second-order valence-corrected chi connectivity index (χ2v) is 7.09. The van der Waals surface area contributed by atoms with E-state index in [2.05, 4.69) is 10.6 Å². The Morgan fingerprint density at radius 3 is 2.32 bits per heavy atom. The quantitative estimate of drug-likeness (QED) is 0.843. The van der Waals surface area contributed by atoms with E-state index >= 15 is 0 Å². The fourth-order valence-corrected chi connectivity index (χ4v) is 2.25. The van der Waals surface area contributed by atoms with E-state index in [0.717, 1.165) is 12.1 Å². The molecule has 0 unspecified atom stereocenters. The smallest absolute Gasteiger partial charge is 0.408 e. The van der Waals surface area contributed by atoms with Crippen LogP contribution < -0.4 is 10.6 Å². The minimum absolute atomic E-state index is 0.209. The van der Waals surface area contributed by atoms with Crippen LogP contribution in [0.3, 0.4) is 0 Å². The van der Waals surface area contributed by atoms with Crippen molar-refractivity contribution in [3.8, 4) is 0 Å². The lowest BCUT2D eigenvalue weighted by Crippen LogP contribution is -2.46. The standard InChI is InChI=1S/C17H21F3N2O3/c1-16(2,3)25-15(24)22-13(8-10-9-17(10,19)20)14(23)21-12-6-4-11(18)5-7-12/h4-7,10,13H,8-9H2,1-3H3,(H,21,23)(H,22,24)/t10-,13-/m0/s1. The van der Waals surface area contributed by atoms with Gasteiger partial charge in [-0.1, -0.05) is 0 Å². The molecule has 0 bridgehead atoms. The van der Waals surface area contributed by atoms with Gasteiger partial charge in [-0.3, -0.25) is 4.79 Å². The molecule has 8 heteroatoms. The van der Waals surface area contributed by atoms with Crippen LogP contribution in [0, 0.1) is 11.7 Å². The number of rotatable bonds is 5. The Labute approximate surface area is 143 Å². The van der Waals surface area contributed by atoms with Crippen LogP contribution in [-0.2, 0) is 9.53 Å². The highest BCUT2D eigenvalue weighted by molar-refractivity contribution is 5.96. The van der Waals surface area contributed by atoms with E-state index in [9.17, 15) is 22.8 Å². The molecule has 1 aliphatic carbocycles. The summed E-state index contributed by atoms with van der Waals surface area (Å²) in [4.78, 5) is 24.2. The van der Waals surface area contributed by atoms with Gasteiger partial charge in [0.2, 0.25) is 5.91 Å². The third kappa shape index (κ3) is 5.95. The van der Waals surface area contributed by atoms with Gasteiger partial charge in [-0.15, -0.1) is 0 Å². The van der Waals surface area contributed by atoms with Crippen LogP contribution in [0.2, 0.25) is 0 Å². The lowest BCUT2D eigenvalue weighted by atomic mass is 10.1. The number of anilines is 1. The first-order chi connectivity index (χ1) is 11.5. The van der Waals surface area contributed by atoms with Crippen LogP contribution in [0.4, 0.5) is 23.7 Å². The molecule has 2 amide bonds. The van der Waals surface area contributed by atoms with Crippen molar-refractivity contribution >= 4 is 17.7 Å². The van der Waals surface area contributed by atoms with Crippen LogP contribution >= 0.6 is 0 Å². The molecule has 1 aliphatic rings. The number of halogens is 3. The summed E-state index contributed by atoms with van der Waals surface area (Å²) < 4.78 is 44.3. The molecule has 0 aliphatic heterocycles. The number of alkyl carbamates (subject to hydrolysis) is 1. The number of alkyl halides is 2. The minimum Gasteiger partial charge on any atom is -0.444 e. The maximum absolute atomic E-state index is 13.2. The predicted molar refractivity (Wildman–Crippen MR) is 85.9 cm³/mol. The summed E-state index contributed by atoms with van der Waals surface area (Å²) >= 11 is 0. The van der Waals surface area contributed by atoms with Crippen LogP contribution in [0.15, 0.2) is 24.3 Å². The van der Waals surface area contributed by atoms with E-state index < -0.39 is 41.3 Å². The molecule has 0 spiro atoms. The molecule has 0 heterocycles. The first-order valence-corrected chi connectivity index (χ1v) is 7.90. The maximum Gasteiger partial charge on any atom is 0.408 e. The molecule has 138 valence electrons. The van der Waals surface area contributed by atoms with Crippen molar-refractivity contribution in [2.75, 3.05) is 5.32 Å². The summed E-state index contributed by atoms with van der Waals surface area (Å²) in [6, 6.07) is 3.80. The number of amides is 2. The van der Waals surface area contributed by atoms with Gasteiger partial charge in [-0.2, -0.15) is 0 Å². The second-order valence-electron chi connectivity index (χ2n) is 7.09. The molecule has 5 nitrogen and oxygen atoms in total. The van der Waals surface area contributed by atoms with E-state index in [4.69, 9.17) is 4.74 Å². The number of ether oxygens (including phenoxy) is 1. The highest BCUT2D eigenvalue weighted by atomic mass is 19.3. The Kier molecular flexibility index (Phi) is 5.29. The van der Waals surface area contributed by atoms with E-state index in [1.54, 1.807) is 20.8 Å². The Morgan fingerprint density at radius 2 is 1.84 bits per heavy atom. The molecule has 1 aromatic rings. The fraction of sp³-hybridized carbons (Fsp3) is 0.529. The third-order valence-corrected chi connectivity index (χ3v) is 3.60. The molecule has 1 aromatic carbocycles. The maximum atomic E-state index is 13.2. The zero-order valence-electron chi connectivity index (χ0n) is 14.2. The average Bonchev–Trinajstić information content (AvgIpc) is 3.05. The molecule has 1 fully saturated rings. The van der Waals surface area contributed by atoms with Crippen molar-refractivity contribution in [3.05, 3.63) is 30.1 Å². The third-order valence-electron chi connectivity index (χ3n) is 3.60. The highest BCUT2D eigenvalue weighted by Gasteiger charge is 2.57. The number of hydrogen-bond acceptors (Lipinski definition) is 3. The normalized spacial score (nSPS) is 19.7. The Bertz CT molecular complexity index is 642. The summed E-state index contributed by atoms with van der Waals surface area (Å²) in [6.07, 6.45) is -1.39. The second kappa shape index (κ2) is 6.93. The lowest BCUT2D eigenvalue weighted by Gasteiger charge is -2.23. The summed E-state index contributed by atoms with van der Waals surface area (Å²) in [5.41, 5.74) is -0.490.